The molecule has 1 aliphatic heterocycles. The molecule has 0 bridgehead atoms. The highest BCUT2D eigenvalue weighted by Crippen LogP contribution is 2.26. The number of pyridine rings is 1. The number of amides is 1. The Bertz CT molecular complexity index is 986. The number of nitrogens with one attached hydrogen (secondary N) is 2. The third-order valence-electron chi connectivity index (χ3n) is 4.52. The van der Waals surface area contributed by atoms with E-state index in [2.05, 4.69) is 25.2 Å². The zero-order valence-electron chi connectivity index (χ0n) is 14.2. The number of nitrogens with zero attached hydrogens (tertiary/aromatic N) is 3. The summed E-state index contributed by atoms with van der Waals surface area (Å²) in [6.45, 7) is 1.38. The second-order valence-corrected chi connectivity index (χ2v) is 7.76. The van der Waals surface area contributed by atoms with Gasteiger partial charge in [0.2, 0.25) is 11.9 Å². The van der Waals surface area contributed by atoms with Crippen LogP contribution in [0.25, 0.3) is 11.2 Å². The third-order valence-corrected chi connectivity index (χ3v) is 5.17. The Hall–Kier alpha value is -2.02. The van der Waals surface area contributed by atoms with E-state index < -0.39 is 0 Å². The number of piperidine rings is 1. The lowest BCUT2D eigenvalue weighted by Gasteiger charge is -2.31. The van der Waals surface area contributed by atoms with E-state index in [1.165, 1.54) is 0 Å². The zero-order chi connectivity index (χ0) is 19.0. The molecule has 1 saturated heterocycles. The molecular formula is C18H16Cl3N5O. The van der Waals surface area contributed by atoms with Crippen molar-refractivity contribution in [2.75, 3.05) is 23.3 Å². The molecule has 3 heterocycles. The van der Waals surface area contributed by atoms with E-state index in [4.69, 9.17) is 34.8 Å². The zero-order valence-corrected chi connectivity index (χ0v) is 16.4. The molecule has 0 spiro atoms. The number of hydrogen-bond acceptors (Lipinski definition) is 4. The van der Waals surface area contributed by atoms with Gasteiger partial charge in [0.1, 0.15) is 5.15 Å². The molecule has 27 heavy (non-hydrogen) atoms. The molecule has 0 radical (unpaired) electrons. The number of imidazole rings is 1. The quantitative estimate of drug-likeness (QED) is 0.594. The SMILES string of the molecule is O=C(Nc1cc(Cl)cc(Cl)c1)C1CCCN(c2nc3nc(Cl)ccc3[nH]2)C1. The second kappa shape index (κ2) is 7.54. The molecule has 0 saturated carbocycles. The fourth-order valence-corrected chi connectivity index (χ4v) is 3.93. The van der Waals surface area contributed by atoms with Crippen molar-refractivity contribution >= 4 is 63.5 Å². The summed E-state index contributed by atoms with van der Waals surface area (Å²) in [5.41, 5.74) is 1.98. The number of fused-ring (bicyclic) bond motifs is 1. The highest BCUT2D eigenvalue weighted by Gasteiger charge is 2.27. The summed E-state index contributed by atoms with van der Waals surface area (Å²) in [6.07, 6.45) is 1.69. The van der Waals surface area contributed by atoms with E-state index in [1.807, 2.05) is 6.07 Å². The van der Waals surface area contributed by atoms with Crippen LogP contribution in [0.1, 0.15) is 12.8 Å². The molecule has 1 aliphatic rings. The van der Waals surface area contributed by atoms with Gasteiger partial charge in [0.25, 0.3) is 0 Å². The minimum atomic E-state index is -0.165. The van der Waals surface area contributed by atoms with Crippen molar-refractivity contribution in [1.29, 1.82) is 0 Å². The lowest BCUT2D eigenvalue weighted by Crippen LogP contribution is -2.41. The molecule has 1 amide bonds. The van der Waals surface area contributed by atoms with E-state index in [-0.39, 0.29) is 11.8 Å². The molecule has 1 fully saturated rings. The van der Waals surface area contributed by atoms with Gasteiger partial charge in [-0.3, -0.25) is 4.79 Å². The van der Waals surface area contributed by atoms with Crippen LogP contribution in [0.2, 0.25) is 15.2 Å². The standard InChI is InChI=1S/C18H16Cl3N5O/c19-11-6-12(20)8-13(7-11)22-17(27)10-2-1-5-26(9-10)18-23-14-3-4-15(21)24-16(14)25-18/h3-4,6-8,10H,1-2,5,9H2,(H,22,27)(H,23,24,25). The molecule has 140 valence electrons. The van der Waals surface area contributed by atoms with Crippen LogP contribution in [0.15, 0.2) is 30.3 Å². The average molecular weight is 425 g/mol. The van der Waals surface area contributed by atoms with Crippen LogP contribution in [0.4, 0.5) is 11.6 Å². The molecule has 2 aromatic heterocycles. The number of benzene rings is 1. The fourth-order valence-electron chi connectivity index (χ4n) is 3.26. The Labute approximate surface area is 170 Å². The van der Waals surface area contributed by atoms with Gasteiger partial charge in [0, 0.05) is 28.8 Å². The summed E-state index contributed by atoms with van der Waals surface area (Å²) >= 11 is 17.9. The largest absolute Gasteiger partial charge is 0.342 e. The molecule has 1 unspecified atom stereocenters. The average Bonchev–Trinajstić information content (AvgIpc) is 3.04. The first kappa shape index (κ1) is 18.3. The van der Waals surface area contributed by atoms with Gasteiger partial charge in [-0.1, -0.05) is 34.8 Å². The monoisotopic (exact) mass is 423 g/mol. The first-order valence-corrected chi connectivity index (χ1v) is 9.65. The predicted molar refractivity (Wildman–Crippen MR) is 109 cm³/mol. The number of carbonyl (C=O) groups excluding carboxylic acids is 1. The molecule has 0 aliphatic carbocycles. The minimum Gasteiger partial charge on any atom is -0.342 e. The first-order chi connectivity index (χ1) is 13.0. The predicted octanol–water partition coefficient (Wildman–Crippen LogP) is 4.77. The Balaban J connectivity index is 1.48. The van der Waals surface area contributed by atoms with Crippen molar-refractivity contribution in [2.24, 2.45) is 5.92 Å². The van der Waals surface area contributed by atoms with E-state index in [0.29, 0.717) is 39.0 Å². The van der Waals surface area contributed by atoms with Gasteiger partial charge in [-0.15, -0.1) is 0 Å². The highest BCUT2D eigenvalue weighted by molar-refractivity contribution is 6.35. The molecule has 4 rings (SSSR count). The Morgan fingerprint density at radius 3 is 2.70 bits per heavy atom. The van der Waals surface area contributed by atoms with Gasteiger partial charge in [-0.25, -0.2) is 4.98 Å². The number of halogens is 3. The number of aromatic nitrogens is 3. The summed E-state index contributed by atoms with van der Waals surface area (Å²) in [4.78, 5) is 26.7. The van der Waals surface area contributed by atoms with Crippen molar-refractivity contribution < 1.29 is 4.79 Å². The van der Waals surface area contributed by atoms with Crippen molar-refractivity contribution in [3.63, 3.8) is 0 Å². The van der Waals surface area contributed by atoms with Crippen LogP contribution in [0, 0.1) is 5.92 Å². The maximum Gasteiger partial charge on any atom is 0.229 e. The lowest BCUT2D eigenvalue weighted by molar-refractivity contribution is -0.120. The summed E-state index contributed by atoms with van der Waals surface area (Å²) < 4.78 is 0. The summed E-state index contributed by atoms with van der Waals surface area (Å²) in [5, 5.41) is 4.27. The topological polar surface area (TPSA) is 73.9 Å². The molecular weight excluding hydrogens is 409 g/mol. The Morgan fingerprint density at radius 2 is 1.93 bits per heavy atom. The highest BCUT2D eigenvalue weighted by atomic mass is 35.5. The summed E-state index contributed by atoms with van der Waals surface area (Å²) in [7, 11) is 0. The summed E-state index contributed by atoms with van der Waals surface area (Å²) in [6, 6.07) is 8.55. The maximum atomic E-state index is 12.7. The van der Waals surface area contributed by atoms with Crippen LogP contribution in [0.3, 0.4) is 0 Å². The molecule has 6 nitrogen and oxygen atoms in total. The lowest BCUT2D eigenvalue weighted by atomic mass is 9.97. The van der Waals surface area contributed by atoms with Gasteiger partial charge in [0.15, 0.2) is 5.65 Å². The number of anilines is 2. The number of H-pyrrole nitrogens is 1. The Morgan fingerprint density at radius 1 is 1.15 bits per heavy atom. The number of rotatable bonds is 3. The Kier molecular flexibility index (Phi) is 5.12. The summed E-state index contributed by atoms with van der Waals surface area (Å²) in [5.74, 6) is 0.472. The van der Waals surface area contributed by atoms with Gasteiger partial charge in [-0.05, 0) is 43.2 Å². The third kappa shape index (κ3) is 4.13. The van der Waals surface area contributed by atoms with E-state index in [1.54, 1.807) is 24.3 Å². The molecule has 2 N–H and O–H groups in total. The number of hydrogen-bond donors (Lipinski definition) is 2. The van der Waals surface area contributed by atoms with Gasteiger partial charge >= 0.3 is 0 Å². The fraction of sp³-hybridized carbons (Fsp3) is 0.278. The molecule has 1 aromatic carbocycles. The van der Waals surface area contributed by atoms with Crippen molar-refractivity contribution in [3.05, 3.63) is 45.5 Å². The molecule has 3 aromatic rings. The number of carbonyl (C=O) groups is 1. The minimum absolute atomic E-state index is 0.0599. The van der Waals surface area contributed by atoms with E-state index >= 15 is 0 Å². The first-order valence-electron chi connectivity index (χ1n) is 8.52. The van der Waals surface area contributed by atoms with Crippen LogP contribution in [-0.4, -0.2) is 33.9 Å². The van der Waals surface area contributed by atoms with Crippen LogP contribution in [0.5, 0.6) is 0 Å². The maximum absolute atomic E-state index is 12.7. The number of aromatic amines is 1. The van der Waals surface area contributed by atoms with Crippen molar-refractivity contribution in [2.45, 2.75) is 12.8 Å². The van der Waals surface area contributed by atoms with Crippen LogP contribution in [-0.2, 0) is 4.79 Å². The van der Waals surface area contributed by atoms with E-state index in [9.17, 15) is 4.79 Å². The van der Waals surface area contributed by atoms with Gasteiger partial charge in [-0.2, -0.15) is 4.98 Å². The van der Waals surface area contributed by atoms with Crippen LogP contribution >= 0.6 is 34.8 Å². The van der Waals surface area contributed by atoms with Gasteiger partial charge in [0.05, 0.1) is 11.4 Å². The van der Waals surface area contributed by atoms with Crippen LogP contribution < -0.4 is 10.2 Å². The van der Waals surface area contributed by atoms with Crippen molar-refractivity contribution in [1.82, 2.24) is 15.0 Å². The van der Waals surface area contributed by atoms with E-state index in [0.717, 1.165) is 24.9 Å². The normalized spacial score (nSPS) is 17.3. The van der Waals surface area contributed by atoms with Gasteiger partial charge < -0.3 is 15.2 Å². The second-order valence-electron chi connectivity index (χ2n) is 6.50. The molecule has 1 atom stereocenters. The molecule has 9 heteroatoms. The van der Waals surface area contributed by atoms with Crippen molar-refractivity contribution in [3.8, 4) is 0 Å². The smallest absolute Gasteiger partial charge is 0.229 e.